The van der Waals surface area contributed by atoms with E-state index in [1.54, 1.807) is 42.5 Å². The molecule has 0 aromatic heterocycles. The number of carbonyl (C=O) groups is 2. The number of carboxylic acids is 1. The van der Waals surface area contributed by atoms with E-state index in [0.717, 1.165) is 11.1 Å². The van der Waals surface area contributed by atoms with Crippen LogP contribution in [0.25, 0.3) is 0 Å². The summed E-state index contributed by atoms with van der Waals surface area (Å²) in [5.41, 5.74) is 1.62. The normalized spacial score (nSPS) is 11.8. The second kappa shape index (κ2) is 11.0. The van der Waals surface area contributed by atoms with Crippen molar-refractivity contribution in [2.24, 2.45) is 0 Å². The van der Waals surface area contributed by atoms with Crippen molar-refractivity contribution in [3.05, 3.63) is 65.7 Å². The monoisotopic (exact) mass is 390 g/mol. The van der Waals surface area contributed by atoms with Gasteiger partial charge in [-0.15, -0.1) is 0 Å². The Balaban J connectivity index is 1.88. The zero-order valence-electron chi connectivity index (χ0n) is 15.0. The number of amides is 1. The van der Waals surface area contributed by atoms with Crippen molar-refractivity contribution >= 4 is 12.1 Å². The third-order valence-corrected chi connectivity index (χ3v) is 3.80. The maximum atomic E-state index is 12.1. The van der Waals surface area contributed by atoms with Gasteiger partial charge in [-0.2, -0.15) is 0 Å². The van der Waals surface area contributed by atoms with Crippen molar-refractivity contribution in [2.45, 2.75) is 25.3 Å². The van der Waals surface area contributed by atoms with E-state index in [1.165, 1.54) is 0 Å². The Morgan fingerprint density at radius 1 is 1.04 bits per heavy atom. The Morgan fingerprint density at radius 3 is 2.43 bits per heavy atom. The maximum Gasteiger partial charge on any atom is 0.413 e. The van der Waals surface area contributed by atoms with Gasteiger partial charge in [-0.1, -0.05) is 42.5 Å². The highest BCUT2D eigenvalue weighted by molar-refractivity contribution is 5.81. The third kappa shape index (κ3) is 7.72. The molecule has 1 amide bonds. The van der Waals surface area contributed by atoms with Crippen LogP contribution in [-0.4, -0.2) is 45.6 Å². The zero-order chi connectivity index (χ0) is 20.4. The molecule has 0 spiro atoms. The third-order valence-electron chi connectivity index (χ3n) is 3.80. The Hall–Kier alpha value is -2.98. The molecule has 0 aliphatic carbocycles. The molecule has 0 aliphatic heterocycles. The number of aliphatic carboxylic acids is 1. The molecule has 0 saturated heterocycles. The maximum absolute atomic E-state index is 12.1. The number of hydrogen-bond donors (Lipinski definition) is 4. The number of nitrogens with zero attached hydrogens (tertiary/aromatic N) is 1. The number of benzene rings is 2. The van der Waals surface area contributed by atoms with E-state index in [2.05, 4.69) is 10.2 Å². The number of hydrogen-bond acceptors (Lipinski definition) is 7. The van der Waals surface area contributed by atoms with Gasteiger partial charge < -0.3 is 15.2 Å². The summed E-state index contributed by atoms with van der Waals surface area (Å²) < 4.78 is 5.19. The SMILES string of the molecule is O=C(NC(Cc1ccccc1)C(=O)O)Oc1cccc(CCCON(O)O)c1. The van der Waals surface area contributed by atoms with Crippen molar-refractivity contribution in [3.8, 4) is 5.75 Å². The molecule has 0 radical (unpaired) electrons. The summed E-state index contributed by atoms with van der Waals surface area (Å²) in [6.45, 7) is 0.0956. The molecule has 2 aromatic rings. The van der Waals surface area contributed by atoms with Crippen LogP contribution in [0, 0.1) is 0 Å². The van der Waals surface area contributed by atoms with Crippen LogP contribution in [0.3, 0.4) is 0 Å². The highest BCUT2D eigenvalue weighted by Gasteiger charge is 2.21. The predicted molar refractivity (Wildman–Crippen MR) is 96.9 cm³/mol. The number of nitrogens with one attached hydrogen (secondary N) is 1. The van der Waals surface area contributed by atoms with Crippen LogP contribution in [0.4, 0.5) is 4.79 Å². The molecule has 2 aromatic carbocycles. The lowest BCUT2D eigenvalue weighted by Crippen LogP contribution is -2.43. The summed E-state index contributed by atoms with van der Waals surface area (Å²) >= 11 is 0. The van der Waals surface area contributed by atoms with Crippen LogP contribution >= 0.6 is 0 Å². The van der Waals surface area contributed by atoms with Gasteiger partial charge in [0.15, 0.2) is 0 Å². The summed E-state index contributed by atoms with van der Waals surface area (Å²) in [5.74, 6) is -0.887. The fourth-order valence-electron chi connectivity index (χ4n) is 2.52. The van der Waals surface area contributed by atoms with Crippen LogP contribution in [0.15, 0.2) is 54.6 Å². The van der Waals surface area contributed by atoms with Crippen molar-refractivity contribution in [2.75, 3.05) is 6.61 Å². The first kappa shape index (κ1) is 21.3. The van der Waals surface area contributed by atoms with Gasteiger partial charge in [-0.3, -0.25) is 15.3 Å². The lowest BCUT2D eigenvalue weighted by atomic mass is 10.1. The Morgan fingerprint density at radius 2 is 1.75 bits per heavy atom. The molecule has 0 bridgehead atoms. The van der Waals surface area contributed by atoms with Crippen molar-refractivity contribution in [3.63, 3.8) is 0 Å². The topological polar surface area (TPSA) is 129 Å². The second-order valence-corrected chi connectivity index (χ2v) is 5.95. The number of ether oxygens (including phenoxy) is 1. The van der Waals surface area contributed by atoms with Gasteiger partial charge in [0.1, 0.15) is 11.8 Å². The fraction of sp³-hybridized carbons (Fsp3) is 0.263. The smallest absolute Gasteiger partial charge is 0.413 e. The molecule has 4 N–H and O–H groups in total. The summed E-state index contributed by atoms with van der Waals surface area (Å²) in [4.78, 5) is 28.0. The Bertz CT molecular complexity index is 768. The van der Waals surface area contributed by atoms with Crippen LogP contribution < -0.4 is 10.1 Å². The Labute approximate surface area is 161 Å². The number of carbonyl (C=O) groups excluding carboxylic acids is 1. The molecule has 0 aliphatic rings. The van der Waals surface area contributed by atoms with Crippen molar-refractivity contribution in [1.29, 1.82) is 0 Å². The van der Waals surface area contributed by atoms with Gasteiger partial charge in [-0.25, -0.2) is 9.59 Å². The van der Waals surface area contributed by atoms with Gasteiger partial charge in [-0.05, 0) is 36.1 Å². The largest absolute Gasteiger partial charge is 0.480 e. The standard InChI is InChI=1S/C19H22N2O7/c22-18(23)17(13-15-6-2-1-3-7-15)20-19(24)28-16-10-4-8-14(12-16)9-5-11-27-21(25)26/h1-4,6-8,10,12,17,25-26H,5,9,11,13H2,(H,20,24)(H,22,23). The highest BCUT2D eigenvalue weighted by atomic mass is 17.1. The minimum Gasteiger partial charge on any atom is -0.480 e. The average Bonchev–Trinajstić information content (AvgIpc) is 2.65. The minimum absolute atomic E-state index is 0.0956. The molecular formula is C19H22N2O7. The molecule has 9 nitrogen and oxygen atoms in total. The summed E-state index contributed by atoms with van der Waals surface area (Å²) in [5, 5.41) is 28.3. The highest BCUT2D eigenvalue weighted by Crippen LogP contribution is 2.15. The molecule has 0 fully saturated rings. The fourth-order valence-corrected chi connectivity index (χ4v) is 2.52. The average molecular weight is 390 g/mol. The lowest BCUT2D eigenvalue weighted by molar-refractivity contribution is -0.492. The molecule has 2 rings (SSSR count). The molecule has 0 heterocycles. The molecule has 1 atom stereocenters. The quantitative estimate of drug-likeness (QED) is 0.360. The minimum atomic E-state index is -1.16. The zero-order valence-corrected chi connectivity index (χ0v) is 15.0. The number of carboxylic acid groups (broad SMARTS) is 1. The predicted octanol–water partition coefficient (Wildman–Crippen LogP) is 2.42. The first-order chi connectivity index (χ1) is 13.4. The molecule has 0 saturated carbocycles. The summed E-state index contributed by atoms with van der Waals surface area (Å²) in [7, 11) is 0. The number of rotatable bonds is 10. The first-order valence-corrected chi connectivity index (χ1v) is 8.59. The van der Waals surface area contributed by atoms with Crippen LogP contribution in [0.1, 0.15) is 17.5 Å². The first-order valence-electron chi connectivity index (χ1n) is 8.59. The summed E-state index contributed by atoms with van der Waals surface area (Å²) in [6.07, 6.45) is 0.335. The van der Waals surface area contributed by atoms with E-state index >= 15 is 0 Å². The van der Waals surface area contributed by atoms with Gasteiger partial charge in [0.2, 0.25) is 0 Å². The molecule has 150 valence electrons. The van der Waals surface area contributed by atoms with Gasteiger partial charge >= 0.3 is 12.1 Å². The molecular weight excluding hydrogens is 368 g/mol. The van der Waals surface area contributed by atoms with E-state index < -0.39 is 18.1 Å². The van der Waals surface area contributed by atoms with Gasteiger partial charge in [0.25, 0.3) is 0 Å². The van der Waals surface area contributed by atoms with E-state index in [0.29, 0.717) is 12.8 Å². The van der Waals surface area contributed by atoms with Crippen molar-refractivity contribution in [1.82, 2.24) is 10.7 Å². The van der Waals surface area contributed by atoms with Crippen LogP contribution in [-0.2, 0) is 22.5 Å². The van der Waals surface area contributed by atoms with E-state index in [1.807, 2.05) is 12.1 Å². The van der Waals surface area contributed by atoms with Crippen molar-refractivity contribution < 1.29 is 34.7 Å². The molecule has 9 heteroatoms. The lowest BCUT2D eigenvalue weighted by Gasteiger charge is -2.15. The molecule has 28 heavy (non-hydrogen) atoms. The van der Waals surface area contributed by atoms with Crippen LogP contribution in [0.2, 0.25) is 0 Å². The van der Waals surface area contributed by atoms with Crippen LogP contribution in [0.5, 0.6) is 5.75 Å². The summed E-state index contributed by atoms with van der Waals surface area (Å²) in [6, 6.07) is 14.6. The van der Waals surface area contributed by atoms with Gasteiger partial charge in [0, 0.05) is 6.42 Å². The van der Waals surface area contributed by atoms with Gasteiger partial charge in [0.05, 0.1) is 12.0 Å². The molecule has 1 unspecified atom stereocenters. The van der Waals surface area contributed by atoms with E-state index in [4.69, 9.17) is 15.2 Å². The van der Waals surface area contributed by atoms with E-state index in [9.17, 15) is 14.7 Å². The number of aryl methyl sites for hydroxylation is 1. The van der Waals surface area contributed by atoms with E-state index in [-0.39, 0.29) is 24.2 Å². The Kier molecular flexibility index (Phi) is 8.37. The second-order valence-electron chi connectivity index (χ2n) is 5.95.